The van der Waals surface area contributed by atoms with Crippen LogP contribution in [0.1, 0.15) is 46.6 Å². The van der Waals surface area contributed by atoms with Crippen molar-refractivity contribution < 1.29 is 9.59 Å². The highest BCUT2D eigenvalue weighted by atomic mass is 16.2. The van der Waals surface area contributed by atoms with Gasteiger partial charge in [-0.2, -0.15) is 0 Å². The molecule has 0 fully saturated rings. The number of carbonyl (C=O) groups is 2. The van der Waals surface area contributed by atoms with Crippen LogP contribution in [0.4, 0.5) is 0 Å². The minimum absolute atomic E-state index is 0.0428. The van der Waals surface area contributed by atoms with Gasteiger partial charge in [-0.15, -0.1) is 0 Å². The molecule has 0 saturated carbocycles. The lowest BCUT2D eigenvalue weighted by molar-refractivity contribution is -0.126. The van der Waals surface area contributed by atoms with Gasteiger partial charge < -0.3 is 10.6 Å². The third kappa shape index (κ3) is 2.74. The molecule has 1 aliphatic carbocycles. The first-order valence-electron chi connectivity index (χ1n) is 9.43. The number of hydrogen-bond acceptors (Lipinski definition) is 3. The molecule has 2 heterocycles. The van der Waals surface area contributed by atoms with Crippen molar-refractivity contribution in [1.82, 2.24) is 9.88 Å². The largest absolute Gasteiger partial charge is 0.364 e. The number of carbonyl (C=O) groups excluding carboxylic acids is 2. The Hall–Kier alpha value is -3.21. The van der Waals surface area contributed by atoms with Gasteiger partial charge in [-0.1, -0.05) is 30.4 Å². The first kappa shape index (κ1) is 18.2. The van der Waals surface area contributed by atoms with Gasteiger partial charge in [0.2, 0.25) is 5.91 Å². The Labute approximate surface area is 164 Å². The number of benzene rings is 1. The maximum Gasteiger partial charge on any atom is 0.267 e. The van der Waals surface area contributed by atoms with Crippen molar-refractivity contribution in [2.24, 2.45) is 5.73 Å². The lowest BCUT2D eigenvalue weighted by atomic mass is 9.87. The summed E-state index contributed by atoms with van der Waals surface area (Å²) >= 11 is 0. The zero-order chi connectivity index (χ0) is 20.0. The summed E-state index contributed by atoms with van der Waals surface area (Å²) in [7, 11) is 0. The molecule has 142 valence electrons. The third-order valence-corrected chi connectivity index (χ3v) is 5.91. The second-order valence-electron chi connectivity index (χ2n) is 7.48. The van der Waals surface area contributed by atoms with Gasteiger partial charge in [0, 0.05) is 24.8 Å². The molecule has 1 aromatic heterocycles. The molecule has 28 heavy (non-hydrogen) atoms. The molecule has 2 aliphatic rings. The quantitative estimate of drug-likeness (QED) is 0.839. The number of aromatic nitrogens is 1. The fourth-order valence-corrected chi connectivity index (χ4v) is 4.36. The average molecular weight is 373 g/mol. The van der Waals surface area contributed by atoms with Crippen LogP contribution in [0.5, 0.6) is 0 Å². The molecule has 4 rings (SSSR count). The molecule has 0 bridgehead atoms. The van der Waals surface area contributed by atoms with Gasteiger partial charge in [0.15, 0.2) is 0 Å². The first-order chi connectivity index (χ1) is 13.4. The minimum Gasteiger partial charge on any atom is -0.364 e. The molecule has 0 radical (unpaired) electrons. The van der Waals surface area contributed by atoms with Crippen LogP contribution in [-0.4, -0.2) is 28.2 Å². The number of hydrogen-bond donors (Lipinski definition) is 1. The van der Waals surface area contributed by atoms with E-state index in [1.807, 2.05) is 11.0 Å². The van der Waals surface area contributed by atoms with Gasteiger partial charge in [-0.25, -0.2) is 0 Å². The van der Waals surface area contributed by atoms with Crippen molar-refractivity contribution in [2.45, 2.75) is 33.2 Å². The Morgan fingerprint density at radius 1 is 1.21 bits per heavy atom. The Balaban J connectivity index is 1.87. The summed E-state index contributed by atoms with van der Waals surface area (Å²) in [6.45, 7) is 9.02. The number of pyridine rings is 1. The van der Waals surface area contributed by atoms with Crippen molar-refractivity contribution in [3.05, 3.63) is 70.6 Å². The summed E-state index contributed by atoms with van der Waals surface area (Å²) in [5.41, 5.74) is 14.9. The second-order valence-corrected chi connectivity index (χ2v) is 7.48. The second kappa shape index (κ2) is 6.75. The van der Waals surface area contributed by atoms with Gasteiger partial charge in [0.05, 0.1) is 0 Å². The molecule has 0 atom stereocenters. The third-order valence-electron chi connectivity index (χ3n) is 5.91. The molecule has 0 unspecified atom stereocenters. The molecule has 2 aromatic rings. The Kier molecular flexibility index (Phi) is 4.38. The van der Waals surface area contributed by atoms with E-state index < -0.39 is 5.91 Å². The molecule has 5 heteroatoms. The van der Waals surface area contributed by atoms with Gasteiger partial charge in [-0.05, 0) is 66.2 Å². The lowest BCUT2D eigenvalue weighted by Gasteiger charge is -2.30. The van der Waals surface area contributed by atoms with E-state index in [0.29, 0.717) is 25.2 Å². The maximum absolute atomic E-state index is 12.0. The van der Waals surface area contributed by atoms with Crippen LogP contribution in [0.15, 0.2) is 42.6 Å². The van der Waals surface area contributed by atoms with E-state index in [1.54, 1.807) is 6.20 Å². The topological polar surface area (TPSA) is 76.3 Å². The summed E-state index contributed by atoms with van der Waals surface area (Å²) in [5, 5.41) is 0. The fourth-order valence-electron chi connectivity index (χ4n) is 4.36. The molecule has 0 spiro atoms. The monoisotopic (exact) mass is 373 g/mol. The van der Waals surface area contributed by atoms with Gasteiger partial charge in [0.1, 0.15) is 5.69 Å². The standard InChI is InChI=1S/C23H23N3O2/c1-4-20(27)26-9-8-16-15(12-26)6-5-7-17(16)19-11-25-22(23(24)28)18-10-13(2)14(3)21(18)19/h4-7,11H,1,8-10,12H2,2-3H3,(H2,24,28). The van der Waals surface area contributed by atoms with E-state index in [2.05, 4.69) is 37.5 Å². The average Bonchev–Trinajstić information content (AvgIpc) is 3.00. The van der Waals surface area contributed by atoms with Crippen LogP contribution in [-0.2, 0) is 24.2 Å². The molecule has 0 saturated heterocycles. The van der Waals surface area contributed by atoms with Crippen molar-refractivity contribution in [3.63, 3.8) is 0 Å². The zero-order valence-corrected chi connectivity index (χ0v) is 16.2. The fraction of sp³-hybridized carbons (Fsp3) is 0.261. The van der Waals surface area contributed by atoms with Crippen LogP contribution < -0.4 is 5.73 Å². The van der Waals surface area contributed by atoms with E-state index in [9.17, 15) is 9.59 Å². The Morgan fingerprint density at radius 3 is 2.71 bits per heavy atom. The highest BCUT2D eigenvalue weighted by Gasteiger charge is 2.28. The highest BCUT2D eigenvalue weighted by Crippen LogP contribution is 2.42. The molecule has 1 aromatic carbocycles. The smallest absolute Gasteiger partial charge is 0.267 e. The van der Waals surface area contributed by atoms with E-state index in [1.165, 1.54) is 22.8 Å². The predicted octanol–water partition coefficient (Wildman–Crippen LogP) is 3.27. The van der Waals surface area contributed by atoms with Crippen LogP contribution in [0.2, 0.25) is 0 Å². The van der Waals surface area contributed by atoms with Crippen molar-refractivity contribution >= 4 is 17.4 Å². The summed E-state index contributed by atoms with van der Waals surface area (Å²) < 4.78 is 0. The van der Waals surface area contributed by atoms with E-state index in [4.69, 9.17) is 5.73 Å². The number of nitrogens with two attached hydrogens (primary N) is 1. The van der Waals surface area contributed by atoms with E-state index >= 15 is 0 Å². The number of rotatable bonds is 3. The van der Waals surface area contributed by atoms with Crippen molar-refractivity contribution in [3.8, 4) is 11.1 Å². The lowest BCUT2D eigenvalue weighted by Crippen LogP contribution is -2.34. The molecule has 2 amide bonds. The molecule has 2 N–H and O–H groups in total. The van der Waals surface area contributed by atoms with Crippen LogP contribution in [0, 0.1) is 0 Å². The van der Waals surface area contributed by atoms with Crippen LogP contribution in [0.3, 0.4) is 0 Å². The number of nitrogens with zero attached hydrogens (tertiary/aromatic N) is 2. The van der Waals surface area contributed by atoms with Gasteiger partial charge >= 0.3 is 0 Å². The summed E-state index contributed by atoms with van der Waals surface area (Å²) in [5.74, 6) is -0.530. The van der Waals surface area contributed by atoms with Crippen molar-refractivity contribution in [2.75, 3.05) is 6.54 Å². The Morgan fingerprint density at radius 2 is 2.00 bits per heavy atom. The van der Waals surface area contributed by atoms with Crippen LogP contribution in [0.25, 0.3) is 16.7 Å². The number of primary amides is 1. The Bertz CT molecular complexity index is 1070. The zero-order valence-electron chi connectivity index (χ0n) is 16.2. The number of amides is 2. The summed E-state index contributed by atoms with van der Waals surface area (Å²) in [4.78, 5) is 30.1. The van der Waals surface area contributed by atoms with Gasteiger partial charge in [0.25, 0.3) is 5.91 Å². The van der Waals surface area contributed by atoms with Gasteiger partial charge in [-0.3, -0.25) is 14.6 Å². The summed E-state index contributed by atoms with van der Waals surface area (Å²) in [6.07, 6.45) is 4.62. The molecule has 1 aliphatic heterocycles. The normalized spacial score (nSPS) is 15.3. The van der Waals surface area contributed by atoms with Crippen molar-refractivity contribution in [1.29, 1.82) is 0 Å². The van der Waals surface area contributed by atoms with Crippen LogP contribution >= 0.6 is 0 Å². The number of allylic oxidation sites excluding steroid dienone is 2. The minimum atomic E-state index is -0.487. The molecule has 5 nitrogen and oxygen atoms in total. The van der Waals surface area contributed by atoms with E-state index in [0.717, 1.165) is 34.2 Å². The summed E-state index contributed by atoms with van der Waals surface area (Å²) in [6, 6.07) is 6.19. The van der Waals surface area contributed by atoms with E-state index in [-0.39, 0.29) is 5.91 Å². The molecular formula is C23H23N3O2. The first-order valence-corrected chi connectivity index (χ1v) is 9.43. The predicted molar refractivity (Wildman–Crippen MR) is 109 cm³/mol. The highest BCUT2D eigenvalue weighted by molar-refractivity contribution is 5.98. The number of fused-ring (bicyclic) bond motifs is 2. The molecular weight excluding hydrogens is 350 g/mol. The SMILES string of the molecule is C=CC(=O)N1CCc2c(cccc2-c2cnc(C(N)=O)c3c2C(C)=C(C)C3)C1. The maximum atomic E-state index is 12.0.